The van der Waals surface area contributed by atoms with Crippen LogP contribution in [-0.2, 0) is 7.05 Å². The van der Waals surface area contributed by atoms with Crippen molar-refractivity contribution in [2.45, 2.75) is 12.8 Å². The Bertz CT molecular complexity index is 1440. The number of methoxy groups -OCH3 is 1. The van der Waals surface area contributed by atoms with Gasteiger partial charge in [0.25, 0.3) is 0 Å². The van der Waals surface area contributed by atoms with Crippen molar-refractivity contribution in [1.82, 2.24) is 34.3 Å². The quantitative estimate of drug-likeness (QED) is 0.354. The highest BCUT2D eigenvalue weighted by molar-refractivity contribution is 5.65. The Hall–Kier alpha value is -4.31. The average Bonchev–Trinajstić information content (AvgIpc) is 3.50. The van der Waals surface area contributed by atoms with Crippen LogP contribution in [0.15, 0.2) is 67.1 Å². The fourth-order valence-corrected chi connectivity index (χ4v) is 4.12. The van der Waals surface area contributed by atoms with E-state index in [2.05, 4.69) is 30.6 Å². The molecule has 2 N–H and O–H groups in total. The second-order valence-corrected chi connectivity index (χ2v) is 8.34. The van der Waals surface area contributed by atoms with Crippen molar-refractivity contribution >= 4 is 17.4 Å². The van der Waals surface area contributed by atoms with Gasteiger partial charge in [-0.3, -0.25) is 9.08 Å². The summed E-state index contributed by atoms with van der Waals surface area (Å²) in [6.45, 7) is 2.03. The van der Waals surface area contributed by atoms with Gasteiger partial charge in [0.2, 0.25) is 5.95 Å². The lowest BCUT2D eigenvalue weighted by molar-refractivity contribution is 0.222. The molecule has 0 aliphatic carbocycles. The summed E-state index contributed by atoms with van der Waals surface area (Å²) in [5, 5.41) is 26.2. The van der Waals surface area contributed by atoms with E-state index in [4.69, 9.17) is 4.74 Å². The third kappa shape index (κ3) is 4.43. The Labute approximate surface area is 202 Å². The SMILES string of the molecule is COc1ccc([C@@H](c2nnc3cc(-c4ccnc(Nc5ccnn5C)n4)ccn23)[C@H](C)CO)cc1. The zero-order valence-corrected chi connectivity index (χ0v) is 19.7. The van der Waals surface area contributed by atoms with Crippen molar-refractivity contribution in [2.75, 3.05) is 19.0 Å². The number of rotatable bonds is 8. The minimum absolute atomic E-state index is 0.0249. The van der Waals surface area contributed by atoms with E-state index in [1.807, 2.05) is 73.1 Å². The Kier molecular flexibility index (Phi) is 6.11. The van der Waals surface area contributed by atoms with Gasteiger partial charge in [-0.05, 0) is 41.8 Å². The molecule has 4 heterocycles. The number of benzene rings is 1. The van der Waals surface area contributed by atoms with Crippen LogP contribution in [0.1, 0.15) is 24.2 Å². The molecule has 0 unspecified atom stereocenters. The molecule has 4 aromatic heterocycles. The summed E-state index contributed by atoms with van der Waals surface area (Å²) in [6, 6.07) is 15.5. The second kappa shape index (κ2) is 9.51. The topological polar surface area (TPSA) is 115 Å². The number of nitrogens with zero attached hydrogens (tertiary/aromatic N) is 7. The summed E-state index contributed by atoms with van der Waals surface area (Å²) in [7, 11) is 3.49. The summed E-state index contributed by atoms with van der Waals surface area (Å²) in [5.74, 6) is 2.62. The second-order valence-electron chi connectivity index (χ2n) is 8.34. The lowest BCUT2D eigenvalue weighted by Crippen LogP contribution is -2.18. The molecule has 10 nitrogen and oxygen atoms in total. The summed E-state index contributed by atoms with van der Waals surface area (Å²) < 4.78 is 8.97. The van der Waals surface area contributed by atoms with E-state index in [-0.39, 0.29) is 18.4 Å². The van der Waals surface area contributed by atoms with Crippen LogP contribution in [0.3, 0.4) is 0 Å². The van der Waals surface area contributed by atoms with Gasteiger partial charge in [0.1, 0.15) is 17.4 Å². The number of aliphatic hydroxyl groups excluding tert-OH is 1. The lowest BCUT2D eigenvalue weighted by atomic mass is 9.87. The maximum absolute atomic E-state index is 9.96. The van der Waals surface area contributed by atoms with E-state index >= 15 is 0 Å². The van der Waals surface area contributed by atoms with Crippen LogP contribution in [0, 0.1) is 5.92 Å². The van der Waals surface area contributed by atoms with Crippen LogP contribution in [0.2, 0.25) is 0 Å². The number of fused-ring (bicyclic) bond motifs is 1. The molecule has 0 saturated carbocycles. The Balaban J connectivity index is 1.48. The number of hydrogen-bond acceptors (Lipinski definition) is 8. The van der Waals surface area contributed by atoms with Gasteiger partial charge >= 0.3 is 0 Å². The van der Waals surface area contributed by atoms with Crippen molar-refractivity contribution in [3.05, 3.63) is 78.5 Å². The van der Waals surface area contributed by atoms with Crippen molar-refractivity contribution in [3.8, 4) is 17.0 Å². The molecule has 2 atom stereocenters. The summed E-state index contributed by atoms with van der Waals surface area (Å²) in [6.07, 6.45) is 5.36. The maximum Gasteiger partial charge on any atom is 0.228 e. The van der Waals surface area contributed by atoms with Crippen LogP contribution in [-0.4, -0.2) is 53.2 Å². The smallest absolute Gasteiger partial charge is 0.228 e. The molecular weight excluding hydrogens is 444 g/mol. The standard InChI is InChI=1S/C25H26N8O2/c1-16(15-34)23(17-4-6-19(35-3)7-5-17)24-31-30-22-14-18(10-13-33(22)24)20-8-11-26-25(28-20)29-21-9-12-27-32(21)2/h4-14,16,23,34H,15H2,1-3H3,(H,26,28,29)/t16-,23+/m1/s1. The highest BCUT2D eigenvalue weighted by Crippen LogP contribution is 2.33. The molecule has 0 amide bonds. The highest BCUT2D eigenvalue weighted by Gasteiger charge is 2.26. The maximum atomic E-state index is 9.96. The largest absolute Gasteiger partial charge is 0.497 e. The molecule has 0 spiro atoms. The fourth-order valence-electron chi connectivity index (χ4n) is 4.12. The number of nitrogens with one attached hydrogen (secondary N) is 1. The molecule has 10 heteroatoms. The molecule has 178 valence electrons. The zero-order chi connectivity index (χ0) is 24.4. The Morgan fingerprint density at radius 1 is 1.06 bits per heavy atom. The minimum Gasteiger partial charge on any atom is -0.497 e. The molecule has 0 radical (unpaired) electrons. The first kappa shape index (κ1) is 22.5. The molecule has 0 bridgehead atoms. The molecule has 0 aliphatic rings. The van der Waals surface area contributed by atoms with E-state index in [1.165, 1.54) is 0 Å². The number of aryl methyl sites for hydroxylation is 1. The predicted octanol–water partition coefficient (Wildman–Crippen LogP) is 3.43. The van der Waals surface area contributed by atoms with Crippen molar-refractivity contribution in [3.63, 3.8) is 0 Å². The van der Waals surface area contributed by atoms with Crippen LogP contribution < -0.4 is 10.1 Å². The molecule has 5 rings (SSSR count). The van der Waals surface area contributed by atoms with E-state index in [9.17, 15) is 5.11 Å². The lowest BCUT2D eigenvalue weighted by Gasteiger charge is -2.21. The van der Waals surface area contributed by atoms with Gasteiger partial charge in [-0.1, -0.05) is 19.1 Å². The predicted molar refractivity (Wildman–Crippen MR) is 132 cm³/mol. The van der Waals surface area contributed by atoms with Crippen LogP contribution >= 0.6 is 0 Å². The number of aromatic nitrogens is 7. The summed E-state index contributed by atoms with van der Waals surface area (Å²) in [4.78, 5) is 8.96. The molecule has 0 fully saturated rings. The van der Waals surface area contributed by atoms with Crippen molar-refractivity contribution < 1.29 is 9.84 Å². The number of ether oxygens (including phenoxy) is 1. The van der Waals surface area contributed by atoms with E-state index in [1.54, 1.807) is 24.2 Å². The van der Waals surface area contributed by atoms with Gasteiger partial charge in [0.15, 0.2) is 5.65 Å². The number of pyridine rings is 1. The summed E-state index contributed by atoms with van der Waals surface area (Å²) >= 11 is 0. The van der Waals surface area contributed by atoms with E-state index < -0.39 is 0 Å². The van der Waals surface area contributed by atoms with Gasteiger partial charge in [-0.25, -0.2) is 9.97 Å². The molecule has 5 aromatic rings. The van der Waals surface area contributed by atoms with Crippen LogP contribution in [0.5, 0.6) is 5.75 Å². The van der Waals surface area contributed by atoms with Gasteiger partial charge < -0.3 is 15.2 Å². The molecule has 35 heavy (non-hydrogen) atoms. The highest BCUT2D eigenvalue weighted by atomic mass is 16.5. The first-order valence-corrected chi connectivity index (χ1v) is 11.3. The number of hydrogen-bond donors (Lipinski definition) is 2. The Morgan fingerprint density at radius 3 is 2.60 bits per heavy atom. The van der Waals surface area contributed by atoms with Crippen molar-refractivity contribution in [2.24, 2.45) is 13.0 Å². The average molecular weight is 471 g/mol. The first-order valence-electron chi connectivity index (χ1n) is 11.3. The van der Waals surface area contributed by atoms with Crippen molar-refractivity contribution in [1.29, 1.82) is 0 Å². The normalized spacial score (nSPS) is 13.0. The molecule has 0 aliphatic heterocycles. The zero-order valence-electron chi connectivity index (χ0n) is 19.7. The van der Waals surface area contributed by atoms with Crippen LogP contribution in [0.4, 0.5) is 11.8 Å². The molecule has 0 saturated heterocycles. The minimum atomic E-state index is -0.138. The molecule has 1 aromatic carbocycles. The summed E-state index contributed by atoms with van der Waals surface area (Å²) in [5.41, 5.74) is 3.38. The third-order valence-corrected chi connectivity index (χ3v) is 6.06. The van der Waals surface area contributed by atoms with E-state index in [0.717, 1.165) is 34.2 Å². The number of aliphatic hydroxyl groups is 1. The third-order valence-electron chi connectivity index (χ3n) is 6.06. The van der Waals surface area contributed by atoms with Gasteiger partial charge in [-0.15, -0.1) is 10.2 Å². The van der Waals surface area contributed by atoms with Gasteiger partial charge in [0, 0.05) is 43.6 Å². The fraction of sp³-hybridized carbons (Fsp3) is 0.240. The van der Waals surface area contributed by atoms with E-state index in [0.29, 0.717) is 11.6 Å². The van der Waals surface area contributed by atoms with Crippen LogP contribution in [0.25, 0.3) is 16.9 Å². The first-order chi connectivity index (χ1) is 17.1. The van der Waals surface area contributed by atoms with Gasteiger partial charge in [0.05, 0.1) is 19.0 Å². The number of anilines is 2. The Morgan fingerprint density at radius 2 is 1.89 bits per heavy atom. The van der Waals surface area contributed by atoms with Gasteiger partial charge in [-0.2, -0.15) is 5.10 Å². The monoisotopic (exact) mass is 470 g/mol. The molecular formula is C25H26N8O2.